The first-order chi connectivity index (χ1) is 8.90. The minimum absolute atomic E-state index is 0.0451. The maximum atomic E-state index is 12.1. The first-order valence-corrected chi connectivity index (χ1v) is 7.94. The van der Waals surface area contributed by atoms with Crippen molar-refractivity contribution >= 4 is 32.2 Å². The highest BCUT2D eigenvalue weighted by Crippen LogP contribution is 2.25. The molecule has 0 saturated heterocycles. The lowest BCUT2D eigenvalue weighted by Gasteiger charge is -2.06. The fourth-order valence-electron chi connectivity index (χ4n) is 1.38. The second kappa shape index (κ2) is 5.14. The van der Waals surface area contributed by atoms with Crippen molar-refractivity contribution in [2.24, 2.45) is 0 Å². The van der Waals surface area contributed by atoms with Gasteiger partial charge in [-0.3, -0.25) is 9.71 Å². The molecule has 102 valence electrons. The second-order valence-electron chi connectivity index (χ2n) is 4.25. The van der Waals surface area contributed by atoms with Crippen LogP contribution in [0.15, 0.2) is 28.7 Å². The predicted octanol–water partition coefficient (Wildman–Crippen LogP) is 2.04. The van der Waals surface area contributed by atoms with Crippen molar-refractivity contribution in [2.45, 2.75) is 24.7 Å². The van der Waals surface area contributed by atoms with Crippen molar-refractivity contribution < 1.29 is 8.42 Å². The number of nitrogens with two attached hydrogens (primary N) is 1. The Hall–Kier alpha value is -1.67. The maximum absolute atomic E-state index is 12.1. The van der Waals surface area contributed by atoms with Crippen LogP contribution in [0.1, 0.15) is 25.5 Å². The summed E-state index contributed by atoms with van der Waals surface area (Å²) in [5, 5.41) is 2.15. The van der Waals surface area contributed by atoms with Gasteiger partial charge in [0.05, 0.1) is 11.4 Å². The Labute approximate surface area is 115 Å². The van der Waals surface area contributed by atoms with Crippen LogP contribution in [0.4, 0.5) is 10.8 Å². The molecule has 0 bridgehead atoms. The third-order valence-corrected chi connectivity index (χ3v) is 4.73. The highest BCUT2D eigenvalue weighted by atomic mass is 32.2. The van der Waals surface area contributed by atoms with Gasteiger partial charge in [-0.05, 0) is 12.0 Å². The summed E-state index contributed by atoms with van der Waals surface area (Å²) in [6.07, 6.45) is 2.66. The fourth-order valence-corrected chi connectivity index (χ4v) is 3.58. The van der Waals surface area contributed by atoms with Crippen molar-refractivity contribution in [3.63, 3.8) is 0 Å². The van der Waals surface area contributed by atoms with E-state index < -0.39 is 10.0 Å². The van der Waals surface area contributed by atoms with Gasteiger partial charge in [-0.25, -0.2) is 13.4 Å². The van der Waals surface area contributed by atoms with E-state index >= 15 is 0 Å². The first kappa shape index (κ1) is 13.8. The molecule has 0 atom stereocenters. The molecule has 19 heavy (non-hydrogen) atoms. The normalized spacial score (nSPS) is 11.7. The molecule has 0 aromatic carbocycles. The summed E-state index contributed by atoms with van der Waals surface area (Å²) in [6, 6.07) is 1.44. The van der Waals surface area contributed by atoms with E-state index in [-0.39, 0.29) is 16.5 Å². The molecule has 0 radical (unpaired) electrons. The molecule has 0 aliphatic rings. The van der Waals surface area contributed by atoms with Gasteiger partial charge in [0.1, 0.15) is 4.90 Å². The Bertz CT molecular complexity index is 680. The molecule has 6 nitrogen and oxygen atoms in total. The lowest BCUT2D eigenvalue weighted by atomic mass is 10.2. The molecule has 2 rings (SSSR count). The number of sulfonamides is 1. The molecule has 0 spiro atoms. The summed E-state index contributed by atoms with van der Waals surface area (Å²) >= 11 is 1.24. The molecule has 8 heteroatoms. The van der Waals surface area contributed by atoms with E-state index in [0.717, 1.165) is 5.69 Å². The van der Waals surface area contributed by atoms with E-state index in [9.17, 15) is 8.42 Å². The topological polar surface area (TPSA) is 98.0 Å². The minimum Gasteiger partial charge on any atom is -0.398 e. The molecule has 0 aliphatic carbocycles. The fraction of sp³-hybridized carbons (Fsp3) is 0.273. The monoisotopic (exact) mass is 298 g/mol. The molecule has 0 saturated carbocycles. The number of rotatable bonds is 4. The summed E-state index contributed by atoms with van der Waals surface area (Å²) in [5.74, 6) is 0.248. The average molecular weight is 298 g/mol. The largest absolute Gasteiger partial charge is 0.398 e. The summed E-state index contributed by atoms with van der Waals surface area (Å²) in [4.78, 5) is 7.94. The first-order valence-electron chi connectivity index (χ1n) is 5.58. The van der Waals surface area contributed by atoms with Crippen LogP contribution in [-0.2, 0) is 10.0 Å². The van der Waals surface area contributed by atoms with Crippen LogP contribution in [0.3, 0.4) is 0 Å². The quantitative estimate of drug-likeness (QED) is 0.900. The molecule has 2 heterocycles. The van der Waals surface area contributed by atoms with Gasteiger partial charge in [0.25, 0.3) is 10.0 Å². The predicted molar refractivity (Wildman–Crippen MR) is 75.7 cm³/mol. The van der Waals surface area contributed by atoms with E-state index in [4.69, 9.17) is 5.73 Å². The van der Waals surface area contributed by atoms with E-state index in [1.54, 1.807) is 0 Å². The summed E-state index contributed by atoms with van der Waals surface area (Å²) in [7, 11) is -3.75. The Morgan fingerprint density at radius 3 is 2.74 bits per heavy atom. The smallest absolute Gasteiger partial charge is 0.267 e. The van der Waals surface area contributed by atoms with Gasteiger partial charge in [0.2, 0.25) is 0 Å². The Balaban J connectivity index is 2.29. The van der Waals surface area contributed by atoms with Gasteiger partial charge in [0, 0.05) is 17.8 Å². The standard InChI is InChI=1S/C11H14N4O2S2/c1-7(2)9-6-18-11(14-9)15-19(16,17)10-5-13-4-3-8(10)12/h3-7H,1-2H3,(H2,12,13)(H,14,15). The second-order valence-corrected chi connectivity index (χ2v) is 6.76. The van der Waals surface area contributed by atoms with Gasteiger partial charge in [0.15, 0.2) is 5.13 Å². The van der Waals surface area contributed by atoms with Crippen LogP contribution in [0, 0.1) is 0 Å². The van der Waals surface area contributed by atoms with Gasteiger partial charge in [-0.2, -0.15) is 0 Å². The number of thiazole rings is 1. The molecule has 0 unspecified atom stereocenters. The number of anilines is 2. The van der Waals surface area contributed by atoms with E-state index in [1.165, 1.54) is 29.8 Å². The third kappa shape index (κ3) is 3.02. The third-order valence-electron chi connectivity index (χ3n) is 2.44. The van der Waals surface area contributed by atoms with Crippen LogP contribution in [0.2, 0.25) is 0 Å². The average Bonchev–Trinajstić information content (AvgIpc) is 2.77. The Morgan fingerprint density at radius 1 is 1.42 bits per heavy atom. The van der Waals surface area contributed by atoms with Crippen LogP contribution in [0.25, 0.3) is 0 Å². The van der Waals surface area contributed by atoms with Crippen molar-refractivity contribution in [2.75, 3.05) is 10.5 Å². The summed E-state index contributed by atoms with van der Waals surface area (Å²) < 4.78 is 26.7. The van der Waals surface area contributed by atoms with Crippen molar-refractivity contribution in [1.82, 2.24) is 9.97 Å². The van der Waals surface area contributed by atoms with Crippen molar-refractivity contribution in [1.29, 1.82) is 0 Å². The number of hydrogen-bond acceptors (Lipinski definition) is 6. The summed E-state index contributed by atoms with van der Waals surface area (Å²) in [6.45, 7) is 3.98. The molecular weight excluding hydrogens is 284 g/mol. The minimum atomic E-state index is -3.75. The molecule has 2 aromatic heterocycles. The molecule has 3 N–H and O–H groups in total. The van der Waals surface area contributed by atoms with E-state index in [1.807, 2.05) is 19.2 Å². The molecular formula is C11H14N4O2S2. The van der Waals surface area contributed by atoms with Crippen LogP contribution >= 0.6 is 11.3 Å². The molecule has 2 aromatic rings. The highest BCUT2D eigenvalue weighted by molar-refractivity contribution is 7.93. The van der Waals surface area contributed by atoms with Crippen molar-refractivity contribution in [3.05, 3.63) is 29.5 Å². The van der Waals surface area contributed by atoms with Gasteiger partial charge < -0.3 is 5.73 Å². The molecule has 0 aliphatic heterocycles. The zero-order valence-electron chi connectivity index (χ0n) is 10.5. The number of nitrogen functional groups attached to an aromatic ring is 1. The lowest BCUT2D eigenvalue weighted by Crippen LogP contribution is -2.15. The lowest BCUT2D eigenvalue weighted by molar-refractivity contribution is 0.601. The van der Waals surface area contributed by atoms with E-state index in [0.29, 0.717) is 5.13 Å². The summed E-state index contributed by atoms with van der Waals surface area (Å²) in [5.41, 5.74) is 6.64. The molecule has 0 amide bonds. The van der Waals surface area contributed by atoms with Crippen LogP contribution < -0.4 is 10.5 Å². The van der Waals surface area contributed by atoms with Gasteiger partial charge in [-0.1, -0.05) is 13.8 Å². The Kier molecular flexibility index (Phi) is 3.72. The SMILES string of the molecule is CC(C)c1csc(NS(=O)(=O)c2cnccc2N)n1. The molecule has 0 fully saturated rings. The maximum Gasteiger partial charge on any atom is 0.267 e. The number of nitrogens with zero attached hydrogens (tertiary/aromatic N) is 2. The zero-order valence-corrected chi connectivity index (χ0v) is 12.1. The zero-order chi connectivity index (χ0) is 14.0. The van der Waals surface area contributed by atoms with Crippen LogP contribution in [-0.4, -0.2) is 18.4 Å². The van der Waals surface area contributed by atoms with Crippen molar-refractivity contribution in [3.8, 4) is 0 Å². The van der Waals surface area contributed by atoms with Gasteiger partial charge in [-0.15, -0.1) is 11.3 Å². The number of aromatic nitrogens is 2. The Morgan fingerprint density at radius 2 is 2.16 bits per heavy atom. The number of pyridine rings is 1. The van der Waals surface area contributed by atoms with Gasteiger partial charge >= 0.3 is 0 Å². The van der Waals surface area contributed by atoms with E-state index in [2.05, 4.69) is 14.7 Å². The highest BCUT2D eigenvalue weighted by Gasteiger charge is 2.19. The number of hydrogen-bond donors (Lipinski definition) is 2. The van der Waals surface area contributed by atoms with Crippen LogP contribution in [0.5, 0.6) is 0 Å². The number of nitrogens with one attached hydrogen (secondary N) is 1.